The number of carboxylic acids is 1. The number of carboxylic acid groups (broad SMARTS) is 1. The molecule has 0 aromatic heterocycles. The molecule has 1 aromatic carbocycles. The predicted molar refractivity (Wildman–Crippen MR) is 93.9 cm³/mol. The SMILES string of the molecule is CCCCCc1cc(CCCCC)cc(CCC(=O)C(=O)O)c1. The third-order valence-corrected chi connectivity index (χ3v) is 4.13. The van der Waals surface area contributed by atoms with E-state index < -0.39 is 11.8 Å². The number of carbonyl (C=O) groups is 2. The van der Waals surface area contributed by atoms with Gasteiger partial charge in [0.05, 0.1) is 0 Å². The second-order valence-electron chi connectivity index (χ2n) is 6.30. The Labute approximate surface area is 140 Å². The van der Waals surface area contributed by atoms with Crippen LogP contribution in [0.25, 0.3) is 0 Å². The Bertz CT molecular complexity index is 477. The molecule has 0 aliphatic heterocycles. The van der Waals surface area contributed by atoms with Crippen molar-refractivity contribution in [2.24, 2.45) is 0 Å². The Kier molecular flexibility index (Phi) is 9.27. The van der Waals surface area contributed by atoms with Gasteiger partial charge in [-0.1, -0.05) is 57.7 Å². The molecule has 3 heteroatoms. The van der Waals surface area contributed by atoms with Crippen molar-refractivity contribution in [1.29, 1.82) is 0 Å². The van der Waals surface area contributed by atoms with Crippen LogP contribution in [0.3, 0.4) is 0 Å². The van der Waals surface area contributed by atoms with E-state index in [4.69, 9.17) is 5.11 Å². The fourth-order valence-electron chi connectivity index (χ4n) is 2.80. The Hall–Kier alpha value is -1.64. The molecule has 0 spiro atoms. The van der Waals surface area contributed by atoms with Crippen LogP contribution in [0.5, 0.6) is 0 Å². The largest absolute Gasteiger partial charge is 0.476 e. The summed E-state index contributed by atoms with van der Waals surface area (Å²) in [4.78, 5) is 22.0. The zero-order chi connectivity index (χ0) is 17.1. The first-order valence-corrected chi connectivity index (χ1v) is 8.94. The lowest BCUT2D eigenvalue weighted by molar-refractivity contribution is -0.149. The Morgan fingerprint density at radius 1 is 0.783 bits per heavy atom. The zero-order valence-corrected chi connectivity index (χ0v) is 14.6. The predicted octanol–water partition coefficient (Wildman–Crippen LogP) is 4.74. The molecule has 0 radical (unpaired) electrons. The third-order valence-electron chi connectivity index (χ3n) is 4.13. The molecule has 1 rings (SSSR count). The van der Waals surface area contributed by atoms with Crippen LogP contribution < -0.4 is 0 Å². The molecule has 0 atom stereocenters. The maximum absolute atomic E-state index is 11.3. The van der Waals surface area contributed by atoms with E-state index in [9.17, 15) is 9.59 Å². The lowest BCUT2D eigenvalue weighted by atomic mass is 9.96. The molecule has 1 N–H and O–H groups in total. The summed E-state index contributed by atoms with van der Waals surface area (Å²) in [6.45, 7) is 4.40. The summed E-state index contributed by atoms with van der Waals surface area (Å²) in [6.07, 6.45) is 9.97. The lowest BCUT2D eigenvalue weighted by Crippen LogP contribution is -2.13. The molecule has 0 aliphatic rings. The molecule has 0 heterocycles. The number of benzene rings is 1. The van der Waals surface area contributed by atoms with E-state index in [-0.39, 0.29) is 6.42 Å². The van der Waals surface area contributed by atoms with Crippen LogP contribution in [0.15, 0.2) is 18.2 Å². The number of Topliss-reactive ketones (excluding diaryl/α,β-unsaturated/α-hetero) is 1. The molecule has 0 saturated heterocycles. The molecule has 0 bridgehead atoms. The highest BCUT2D eigenvalue weighted by molar-refractivity contribution is 6.32. The van der Waals surface area contributed by atoms with Gasteiger partial charge in [0.25, 0.3) is 0 Å². The first-order valence-electron chi connectivity index (χ1n) is 8.94. The van der Waals surface area contributed by atoms with Gasteiger partial charge in [0, 0.05) is 6.42 Å². The lowest BCUT2D eigenvalue weighted by Gasteiger charge is -2.10. The van der Waals surface area contributed by atoms with Gasteiger partial charge < -0.3 is 5.11 Å². The average molecular weight is 318 g/mol. The highest BCUT2D eigenvalue weighted by Gasteiger charge is 2.11. The first kappa shape index (κ1) is 19.4. The summed E-state index contributed by atoms with van der Waals surface area (Å²) in [6, 6.07) is 6.58. The molecule has 0 saturated carbocycles. The van der Waals surface area contributed by atoms with Crippen molar-refractivity contribution in [2.45, 2.75) is 78.1 Å². The van der Waals surface area contributed by atoms with Gasteiger partial charge in [-0.2, -0.15) is 0 Å². The van der Waals surface area contributed by atoms with Crippen molar-refractivity contribution >= 4 is 11.8 Å². The van der Waals surface area contributed by atoms with Crippen molar-refractivity contribution in [2.75, 3.05) is 0 Å². The minimum Gasteiger partial charge on any atom is -0.476 e. The van der Waals surface area contributed by atoms with Gasteiger partial charge in [0.2, 0.25) is 5.78 Å². The molecule has 128 valence electrons. The second kappa shape index (κ2) is 11.0. The fourth-order valence-corrected chi connectivity index (χ4v) is 2.80. The summed E-state index contributed by atoms with van der Waals surface area (Å²) < 4.78 is 0. The summed E-state index contributed by atoms with van der Waals surface area (Å²) in [7, 11) is 0. The van der Waals surface area contributed by atoms with Crippen LogP contribution >= 0.6 is 0 Å². The van der Waals surface area contributed by atoms with Gasteiger partial charge >= 0.3 is 5.97 Å². The maximum atomic E-state index is 11.3. The van der Waals surface area contributed by atoms with Crippen molar-refractivity contribution < 1.29 is 14.7 Å². The van der Waals surface area contributed by atoms with Gasteiger partial charge in [-0.25, -0.2) is 4.79 Å². The summed E-state index contributed by atoms with van der Waals surface area (Å²) in [5.41, 5.74) is 3.75. The van der Waals surface area contributed by atoms with E-state index in [1.165, 1.54) is 49.7 Å². The highest BCUT2D eigenvalue weighted by atomic mass is 16.4. The molecule has 23 heavy (non-hydrogen) atoms. The number of ketones is 1. The van der Waals surface area contributed by atoms with Gasteiger partial charge in [0.1, 0.15) is 0 Å². The van der Waals surface area contributed by atoms with E-state index in [2.05, 4.69) is 32.0 Å². The van der Waals surface area contributed by atoms with E-state index in [1.807, 2.05) is 0 Å². The summed E-state index contributed by atoms with van der Waals surface area (Å²) in [5.74, 6) is -2.03. The number of aliphatic carboxylic acids is 1. The highest BCUT2D eigenvalue weighted by Crippen LogP contribution is 2.17. The quantitative estimate of drug-likeness (QED) is 0.447. The smallest absolute Gasteiger partial charge is 0.372 e. The molecule has 0 aliphatic carbocycles. The van der Waals surface area contributed by atoms with Gasteiger partial charge in [0.15, 0.2) is 0 Å². The van der Waals surface area contributed by atoms with Crippen LogP contribution in [0.1, 0.15) is 75.5 Å². The van der Waals surface area contributed by atoms with Crippen molar-refractivity contribution in [1.82, 2.24) is 0 Å². The fraction of sp³-hybridized carbons (Fsp3) is 0.600. The van der Waals surface area contributed by atoms with Crippen LogP contribution in [0.2, 0.25) is 0 Å². The van der Waals surface area contributed by atoms with E-state index in [0.29, 0.717) is 6.42 Å². The molecule has 1 aromatic rings. The Morgan fingerprint density at radius 2 is 1.22 bits per heavy atom. The monoisotopic (exact) mass is 318 g/mol. The number of aryl methyl sites for hydroxylation is 3. The first-order chi connectivity index (χ1) is 11.1. The Morgan fingerprint density at radius 3 is 1.61 bits per heavy atom. The van der Waals surface area contributed by atoms with Crippen LogP contribution in [0.4, 0.5) is 0 Å². The summed E-state index contributed by atoms with van der Waals surface area (Å²) >= 11 is 0. The van der Waals surface area contributed by atoms with Crippen LogP contribution in [-0.4, -0.2) is 16.9 Å². The number of rotatable bonds is 12. The molecular formula is C20H30O3. The topological polar surface area (TPSA) is 54.4 Å². The third kappa shape index (κ3) is 7.96. The van der Waals surface area contributed by atoms with Crippen molar-refractivity contribution in [3.63, 3.8) is 0 Å². The van der Waals surface area contributed by atoms with E-state index in [0.717, 1.165) is 18.4 Å². The number of unbranched alkanes of at least 4 members (excludes halogenated alkanes) is 4. The zero-order valence-electron chi connectivity index (χ0n) is 14.6. The number of carbonyl (C=O) groups excluding carboxylic acids is 1. The van der Waals surface area contributed by atoms with Gasteiger partial charge in [-0.3, -0.25) is 4.79 Å². The molecule has 0 unspecified atom stereocenters. The minimum absolute atomic E-state index is 0.0855. The molecule has 3 nitrogen and oxygen atoms in total. The molecular weight excluding hydrogens is 288 g/mol. The number of hydrogen-bond acceptors (Lipinski definition) is 2. The average Bonchev–Trinajstić information content (AvgIpc) is 2.53. The standard InChI is InChI=1S/C20H30O3/c1-3-5-7-9-16-13-17(10-8-6-4-2)15-18(14-16)11-12-19(21)20(22)23/h13-15H,3-12H2,1-2H3,(H,22,23). The van der Waals surface area contributed by atoms with Crippen molar-refractivity contribution in [3.05, 3.63) is 34.9 Å². The van der Waals surface area contributed by atoms with Crippen LogP contribution in [-0.2, 0) is 28.9 Å². The Balaban J connectivity index is 2.75. The van der Waals surface area contributed by atoms with Crippen LogP contribution in [0, 0.1) is 0 Å². The molecule has 0 amide bonds. The maximum Gasteiger partial charge on any atom is 0.372 e. The minimum atomic E-state index is -1.33. The number of hydrogen-bond donors (Lipinski definition) is 1. The summed E-state index contributed by atoms with van der Waals surface area (Å²) in [5, 5.41) is 8.71. The van der Waals surface area contributed by atoms with Crippen molar-refractivity contribution in [3.8, 4) is 0 Å². The van der Waals surface area contributed by atoms with E-state index >= 15 is 0 Å². The second-order valence-corrected chi connectivity index (χ2v) is 6.30. The molecule has 0 fully saturated rings. The van der Waals surface area contributed by atoms with Gasteiger partial charge in [-0.05, 0) is 48.8 Å². The van der Waals surface area contributed by atoms with E-state index in [1.54, 1.807) is 0 Å². The van der Waals surface area contributed by atoms with Gasteiger partial charge in [-0.15, -0.1) is 0 Å². The normalized spacial score (nSPS) is 10.7.